The highest BCUT2D eigenvalue weighted by Gasteiger charge is 2.23. The number of amides is 1. The summed E-state index contributed by atoms with van der Waals surface area (Å²) in [6, 6.07) is 0. The Hall–Kier alpha value is -0.320. The lowest BCUT2D eigenvalue weighted by molar-refractivity contribution is -0.134. The minimum absolute atomic E-state index is 0. The SMILES string of the molecule is Cl.NCCCOC1CCN(C(=O)CCCC2CCCCC2)CC1. The van der Waals surface area contributed by atoms with Crippen molar-refractivity contribution in [1.29, 1.82) is 0 Å². The van der Waals surface area contributed by atoms with Crippen LogP contribution in [0.25, 0.3) is 0 Å². The molecule has 0 atom stereocenters. The van der Waals surface area contributed by atoms with Gasteiger partial charge in [0.2, 0.25) is 5.91 Å². The van der Waals surface area contributed by atoms with Crippen LogP contribution in [0.5, 0.6) is 0 Å². The predicted molar refractivity (Wildman–Crippen MR) is 96.9 cm³/mol. The van der Waals surface area contributed by atoms with Crippen LogP contribution in [0.4, 0.5) is 0 Å². The fourth-order valence-corrected chi connectivity index (χ4v) is 3.78. The Labute approximate surface area is 147 Å². The second-order valence-corrected chi connectivity index (χ2v) is 6.99. The molecule has 0 unspecified atom stereocenters. The molecule has 0 aromatic rings. The monoisotopic (exact) mass is 346 g/mol. The lowest BCUT2D eigenvalue weighted by atomic mass is 9.86. The van der Waals surface area contributed by atoms with Crippen LogP contribution in [0, 0.1) is 5.92 Å². The number of piperidine rings is 1. The summed E-state index contributed by atoms with van der Waals surface area (Å²) in [6.45, 7) is 3.19. The predicted octanol–water partition coefficient (Wildman–Crippen LogP) is 3.52. The summed E-state index contributed by atoms with van der Waals surface area (Å²) in [4.78, 5) is 14.3. The molecule has 0 aromatic heterocycles. The normalized spacial score (nSPS) is 20.3. The Morgan fingerprint density at radius 3 is 2.39 bits per heavy atom. The molecule has 1 aliphatic carbocycles. The van der Waals surface area contributed by atoms with Crippen LogP contribution in [0.2, 0.25) is 0 Å². The van der Waals surface area contributed by atoms with Gasteiger partial charge in [0.15, 0.2) is 0 Å². The van der Waals surface area contributed by atoms with Gasteiger partial charge < -0.3 is 15.4 Å². The number of rotatable bonds is 8. The van der Waals surface area contributed by atoms with Gasteiger partial charge in [0.1, 0.15) is 0 Å². The number of hydrogen-bond donors (Lipinski definition) is 1. The number of halogens is 1. The minimum atomic E-state index is 0. The fraction of sp³-hybridized carbons (Fsp3) is 0.944. The van der Waals surface area contributed by atoms with Crippen LogP contribution in [0.1, 0.15) is 70.6 Å². The van der Waals surface area contributed by atoms with Crippen LogP contribution in [0.15, 0.2) is 0 Å². The Kier molecular flexibility index (Phi) is 10.9. The van der Waals surface area contributed by atoms with Gasteiger partial charge in [0, 0.05) is 26.1 Å². The quantitative estimate of drug-likeness (QED) is 0.684. The topological polar surface area (TPSA) is 55.6 Å². The van der Waals surface area contributed by atoms with E-state index in [0.29, 0.717) is 18.6 Å². The third-order valence-electron chi connectivity index (χ3n) is 5.22. The fourth-order valence-electron chi connectivity index (χ4n) is 3.78. The van der Waals surface area contributed by atoms with E-state index in [1.165, 1.54) is 38.5 Å². The van der Waals surface area contributed by atoms with E-state index in [1.807, 2.05) is 4.90 Å². The second-order valence-electron chi connectivity index (χ2n) is 6.99. The van der Waals surface area contributed by atoms with E-state index in [1.54, 1.807) is 0 Å². The number of nitrogens with zero attached hydrogens (tertiary/aromatic N) is 1. The molecule has 23 heavy (non-hydrogen) atoms. The standard InChI is InChI=1S/C18H34N2O2.ClH/c19-12-5-15-22-17-10-13-20(14-11-17)18(21)9-4-8-16-6-2-1-3-7-16;/h16-17H,1-15,19H2;1H. The molecular weight excluding hydrogens is 312 g/mol. The minimum Gasteiger partial charge on any atom is -0.378 e. The average molecular weight is 347 g/mol. The summed E-state index contributed by atoms with van der Waals surface area (Å²) in [6.07, 6.45) is 13.3. The molecule has 0 bridgehead atoms. The van der Waals surface area contributed by atoms with Gasteiger partial charge in [-0.25, -0.2) is 0 Å². The van der Waals surface area contributed by atoms with Crippen molar-refractivity contribution in [3.05, 3.63) is 0 Å². The van der Waals surface area contributed by atoms with Crippen molar-refractivity contribution in [2.45, 2.75) is 76.7 Å². The summed E-state index contributed by atoms with van der Waals surface area (Å²) >= 11 is 0. The molecule has 1 aliphatic heterocycles. The highest BCUT2D eigenvalue weighted by molar-refractivity contribution is 5.85. The summed E-state index contributed by atoms with van der Waals surface area (Å²) < 4.78 is 5.79. The summed E-state index contributed by atoms with van der Waals surface area (Å²) in [5.41, 5.74) is 5.47. The molecule has 2 N–H and O–H groups in total. The molecule has 5 heteroatoms. The first kappa shape index (κ1) is 20.7. The number of nitrogens with two attached hydrogens (primary N) is 1. The van der Waals surface area contributed by atoms with Gasteiger partial charge >= 0.3 is 0 Å². The van der Waals surface area contributed by atoms with E-state index < -0.39 is 0 Å². The maximum atomic E-state index is 12.3. The number of ether oxygens (including phenoxy) is 1. The van der Waals surface area contributed by atoms with E-state index in [9.17, 15) is 4.79 Å². The van der Waals surface area contributed by atoms with Crippen LogP contribution in [-0.2, 0) is 9.53 Å². The summed E-state index contributed by atoms with van der Waals surface area (Å²) in [5, 5.41) is 0. The first-order valence-corrected chi connectivity index (χ1v) is 9.39. The molecule has 4 nitrogen and oxygen atoms in total. The van der Waals surface area contributed by atoms with Crippen LogP contribution >= 0.6 is 12.4 Å². The van der Waals surface area contributed by atoms with Crippen LogP contribution < -0.4 is 5.73 Å². The number of likely N-dealkylation sites (tertiary alicyclic amines) is 1. The molecule has 2 aliphatic rings. The first-order valence-electron chi connectivity index (χ1n) is 9.39. The van der Waals surface area contributed by atoms with Gasteiger partial charge in [-0.15, -0.1) is 12.4 Å². The van der Waals surface area contributed by atoms with Gasteiger partial charge in [0.25, 0.3) is 0 Å². The molecular formula is C18H35ClN2O2. The third kappa shape index (κ3) is 7.86. The molecule has 1 amide bonds. The zero-order valence-electron chi connectivity index (χ0n) is 14.5. The first-order chi connectivity index (χ1) is 10.8. The Balaban J connectivity index is 0.00000264. The van der Waals surface area contributed by atoms with Gasteiger partial charge in [-0.2, -0.15) is 0 Å². The zero-order chi connectivity index (χ0) is 15.6. The molecule has 2 fully saturated rings. The van der Waals surface area contributed by atoms with Crippen molar-refractivity contribution in [2.75, 3.05) is 26.2 Å². The molecule has 1 saturated carbocycles. The zero-order valence-corrected chi connectivity index (χ0v) is 15.3. The van der Waals surface area contributed by atoms with Crippen molar-refractivity contribution in [3.8, 4) is 0 Å². The molecule has 2 rings (SSSR count). The van der Waals surface area contributed by atoms with Crippen molar-refractivity contribution in [2.24, 2.45) is 11.7 Å². The van der Waals surface area contributed by atoms with Crippen molar-refractivity contribution in [3.63, 3.8) is 0 Å². The molecule has 0 radical (unpaired) electrons. The van der Waals surface area contributed by atoms with Crippen molar-refractivity contribution in [1.82, 2.24) is 4.90 Å². The highest BCUT2D eigenvalue weighted by atomic mass is 35.5. The van der Waals surface area contributed by atoms with E-state index in [2.05, 4.69) is 0 Å². The van der Waals surface area contributed by atoms with Gasteiger partial charge in [-0.05, 0) is 44.6 Å². The average Bonchev–Trinajstić information content (AvgIpc) is 2.56. The van der Waals surface area contributed by atoms with E-state index in [4.69, 9.17) is 10.5 Å². The summed E-state index contributed by atoms with van der Waals surface area (Å²) in [5.74, 6) is 1.25. The van der Waals surface area contributed by atoms with E-state index >= 15 is 0 Å². The van der Waals surface area contributed by atoms with Crippen LogP contribution in [0.3, 0.4) is 0 Å². The molecule has 0 aromatic carbocycles. The van der Waals surface area contributed by atoms with Gasteiger partial charge in [-0.1, -0.05) is 32.1 Å². The third-order valence-corrected chi connectivity index (χ3v) is 5.22. The van der Waals surface area contributed by atoms with Crippen LogP contribution in [-0.4, -0.2) is 43.2 Å². The number of hydrogen-bond acceptors (Lipinski definition) is 3. The smallest absolute Gasteiger partial charge is 0.222 e. The highest BCUT2D eigenvalue weighted by Crippen LogP contribution is 2.28. The van der Waals surface area contributed by atoms with Crippen molar-refractivity contribution < 1.29 is 9.53 Å². The maximum absolute atomic E-state index is 12.3. The molecule has 0 spiro atoms. The van der Waals surface area contributed by atoms with Crippen molar-refractivity contribution >= 4 is 18.3 Å². The largest absolute Gasteiger partial charge is 0.378 e. The van der Waals surface area contributed by atoms with E-state index in [0.717, 1.165) is 57.7 Å². The lowest BCUT2D eigenvalue weighted by Crippen LogP contribution is -2.41. The Bertz CT molecular complexity index is 314. The number of carbonyl (C=O) groups is 1. The number of carbonyl (C=O) groups excluding carboxylic acids is 1. The van der Waals surface area contributed by atoms with Gasteiger partial charge in [-0.3, -0.25) is 4.79 Å². The van der Waals surface area contributed by atoms with Gasteiger partial charge in [0.05, 0.1) is 6.10 Å². The molecule has 1 heterocycles. The summed E-state index contributed by atoms with van der Waals surface area (Å²) in [7, 11) is 0. The lowest BCUT2D eigenvalue weighted by Gasteiger charge is -2.32. The molecule has 136 valence electrons. The Morgan fingerprint density at radius 2 is 1.74 bits per heavy atom. The maximum Gasteiger partial charge on any atom is 0.222 e. The Morgan fingerprint density at radius 1 is 1.04 bits per heavy atom. The second kappa shape index (κ2) is 12.1. The van der Waals surface area contributed by atoms with E-state index in [-0.39, 0.29) is 12.4 Å². The molecule has 1 saturated heterocycles.